The number of carbonyl (C=O) groups excluding carboxylic acids is 1. The number of carbonyl (C=O) groups is 1. The minimum atomic E-state index is -4.66. The number of amides is 2. The average molecular weight is 424 g/mol. The van der Waals surface area contributed by atoms with Crippen LogP contribution >= 0.6 is 0 Å². The van der Waals surface area contributed by atoms with Gasteiger partial charge in [0.2, 0.25) is 0 Å². The first kappa shape index (κ1) is 20.0. The van der Waals surface area contributed by atoms with Crippen molar-refractivity contribution in [3.63, 3.8) is 0 Å². The number of H-pyrrole nitrogens is 1. The van der Waals surface area contributed by atoms with E-state index in [1.54, 1.807) is 11.0 Å². The number of hydrogen-bond acceptors (Lipinski definition) is 5. The summed E-state index contributed by atoms with van der Waals surface area (Å²) in [5.74, 6) is 0.911. The maximum absolute atomic E-state index is 12.9. The molecule has 1 saturated heterocycles. The van der Waals surface area contributed by atoms with Gasteiger partial charge in [-0.25, -0.2) is 4.79 Å². The first-order valence-corrected chi connectivity index (χ1v) is 9.44. The molecule has 0 spiro atoms. The number of nitro benzene ring substituents is 1. The highest BCUT2D eigenvalue weighted by Crippen LogP contribution is 2.39. The fourth-order valence-electron chi connectivity index (χ4n) is 3.46. The summed E-state index contributed by atoms with van der Waals surface area (Å²) < 4.78 is 38.6. The number of anilines is 2. The molecule has 2 heterocycles. The Balaban J connectivity index is 1.40. The molecule has 0 bridgehead atoms. The van der Waals surface area contributed by atoms with Crippen LogP contribution in [0.1, 0.15) is 30.0 Å². The predicted octanol–water partition coefficient (Wildman–Crippen LogP) is 3.57. The second-order valence-electron chi connectivity index (χ2n) is 7.35. The molecule has 0 atom stereocenters. The quantitative estimate of drug-likeness (QED) is 0.576. The van der Waals surface area contributed by atoms with Crippen LogP contribution in [0.4, 0.5) is 35.2 Å². The van der Waals surface area contributed by atoms with Crippen molar-refractivity contribution < 1.29 is 22.9 Å². The summed E-state index contributed by atoms with van der Waals surface area (Å²) in [5, 5.41) is 21.0. The van der Waals surface area contributed by atoms with Crippen molar-refractivity contribution >= 4 is 23.2 Å². The highest BCUT2D eigenvalue weighted by atomic mass is 19.4. The molecule has 2 aliphatic rings. The second-order valence-corrected chi connectivity index (χ2v) is 7.35. The number of hydrogen-bond donors (Lipinski definition) is 2. The Hall–Kier alpha value is -3.31. The lowest BCUT2D eigenvalue weighted by Gasteiger charge is -2.35. The molecular formula is C18H19F3N6O3. The van der Waals surface area contributed by atoms with Crippen molar-refractivity contribution in [2.24, 2.45) is 0 Å². The lowest BCUT2D eigenvalue weighted by Crippen LogP contribution is -2.50. The van der Waals surface area contributed by atoms with E-state index in [0.717, 1.165) is 30.7 Å². The van der Waals surface area contributed by atoms with E-state index in [1.807, 2.05) is 0 Å². The van der Waals surface area contributed by atoms with Crippen LogP contribution in [0, 0.1) is 10.1 Å². The van der Waals surface area contributed by atoms with Crippen LogP contribution in [0.25, 0.3) is 0 Å². The van der Waals surface area contributed by atoms with E-state index in [1.165, 1.54) is 4.90 Å². The fraction of sp³-hybridized carbons (Fsp3) is 0.444. The maximum atomic E-state index is 12.9. The van der Waals surface area contributed by atoms with Gasteiger partial charge in [0.15, 0.2) is 5.82 Å². The number of aromatic amines is 1. The van der Waals surface area contributed by atoms with Gasteiger partial charge in [0.1, 0.15) is 5.69 Å². The van der Waals surface area contributed by atoms with E-state index in [0.29, 0.717) is 17.8 Å². The molecule has 1 aliphatic heterocycles. The van der Waals surface area contributed by atoms with E-state index in [2.05, 4.69) is 15.5 Å². The zero-order chi connectivity index (χ0) is 21.5. The Morgan fingerprint density at radius 3 is 2.50 bits per heavy atom. The van der Waals surface area contributed by atoms with Gasteiger partial charge in [-0.2, -0.15) is 18.3 Å². The van der Waals surface area contributed by atoms with Gasteiger partial charge in [0.25, 0.3) is 5.69 Å². The summed E-state index contributed by atoms with van der Waals surface area (Å²) in [7, 11) is 0. The van der Waals surface area contributed by atoms with E-state index in [4.69, 9.17) is 0 Å². The molecule has 9 nitrogen and oxygen atoms in total. The lowest BCUT2D eigenvalue weighted by molar-refractivity contribution is -0.384. The molecule has 0 unspecified atom stereocenters. The number of urea groups is 1. The number of nitro groups is 1. The third-order valence-corrected chi connectivity index (χ3v) is 5.26. The minimum Gasteiger partial charge on any atom is -0.362 e. The molecule has 4 rings (SSSR count). The Morgan fingerprint density at radius 1 is 1.20 bits per heavy atom. The molecule has 2 aromatic rings. The Bertz CT molecular complexity index is 964. The number of piperazine rings is 1. The smallest absolute Gasteiger partial charge is 0.362 e. The Kier molecular flexibility index (Phi) is 5.00. The highest BCUT2D eigenvalue weighted by Gasteiger charge is 2.34. The van der Waals surface area contributed by atoms with Gasteiger partial charge in [0, 0.05) is 49.9 Å². The summed E-state index contributed by atoms with van der Waals surface area (Å²) >= 11 is 0. The molecule has 2 N–H and O–H groups in total. The summed E-state index contributed by atoms with van der Waals surface area (Å²) in [6.07, 6.45) is -2.45. The predicted molar refractivity (Wildman–Crippen MR) is 101 cm³/mol. The van der Waals surface area contributed by atoms with E-state index in [9.17, 15) is 28.1 Å². The maximum Gasteiger partial charge on any atom is 0.416 e. The van der Waals surface area contributed by atoms with Crippen LogP contribution in [0.3, 0.4) is 0 Å². The Labute approximate surface area is 169 Å². The highest BCUT2D eigenvalue weighted by molar-refractivity contribution is 5.88. The molecule has 12 heteroatoms. The van der Waals surface area contributed by atoms with Crippen LogP contribution in [-0.2, 0) is 6.18 Å². The SMILES string of the molecule is O=C(Nc1cc(C2CC2)[nH]n1)N1CCN(c2ccc(C(F)(F)F)cc2[N+](=O)[O-])CC1. The van der Waals surface area contributed by atoms with Crippen LogP contribution in [0.15, 0.2) is 24.3 Å². The minimum absolute atomic E-state index is 0.106. The van der Waals surface area contributed by atoms with Crippen LogP contribution in [-0.4, -0.2) is 52.2 Å². The zero-order valence-corrected chi connectivity index (χ0v) is 15.8. The first-order chi connectivity index (χ1) is 14.2. The molecule has 1 aliphatic carbocycles. The third-order valence-electron chi connectivity index (χ3n) is 5.26. The van der Waals surface area contributed by atoms with Crippen molar-refractivity contribution in [2.75, 3.05) is 36.4 Å². The fourth-order valence-corrected chi connectivity index (χ4v) is 3.46. The molecule has 30 heavy (non-hydrogen) atoms. The standard InChI is InChI=1S/C18H19F3N6O3/c19-18(20,21)12-3-4-14(15(9-12)27(29)30)25-5-7-26(8-6-25)17(28)22-16-10-13(23-24-16)11-1-2-11/h3-4,9-11H,1-2,5-8H2,(H2,22,23,24,28). The number of nitrogens with zero attached hydrogens (tertiary/aromatic N) is 4. The van der Waals surface area contributed by atoms with Gasteiger partial charge in [-0.1, -0.05) is 0 Å². The van der Waals surface area contributed by atoms with E-state index < -0.39 is 22.4 Å². The second kappa shape index (κ2) is 7.50. The lowest BCUT2D eigenvalue weighted by atomic mass is 10.1. The van der Waals surface area contributed by atoms with Crippen molar-refractivity contribution in [1.82, 2.24) is 15.1 Å². The normalized spacial score (nSPS) is 17.2. The van der Waals surface area contributed by atoms with Crippen molar-refractivity contribution in [1.29, 1.82) is 0 Å². The van der Waals surface area contributed by atoms with E-state index >= 15 is 0 Å². The van der Waals surface area contributed by atoms with Crippen LogP contribution in [0.5, 0.6) is 0 Å². The molecule has 1 aromatic heterocycles. The largest absolute Gasteiger partial charge is 0.416 e. The molecule has 2 fully saturated rings. The van der Waals surface area contributed by atoms with Crippen LogP contribution < -0.4 is 10.2 Å². The third kappa shape index (κ3) is 4.16. The molecule has 2 amide bonds. The number of benzene rings is 1. The number of rotatable bonds is 4. The van der Waals surface area contributed by atoms with Gasteiger partial charge in [-0.15, -0.1) is 0 Å². The number of nitrogens with one attached hydrogen (secondary N) is 2. The molecule has 1 saturated carbocycles. The summed E-state index contributed by atoms with van der Waals surface area (Å²) in [4.78, 5) is 26.1. The molecule has 1 aromatic carbocycles. The zero-order valence-electron chi connectivity index (χ0n) is 15.8. The van der Waals surface area contributed by atoms with Crippen molar-refractivity contribution in [3.8, 4) is 0 Å². The summed E-state index contributed by atoms with van der Waals surface area (Å²) in [6.45, 7) is 1.05. The van der Waals surface area contributed by atoms with Gasteiger partial charge < -0.3 is 9.80 Å². The molecular weight excluding hydrogens is 405 g/mol. The number of aromatic nitrogens is 2. The monoisotopic (exact) mass is 424 g/mol. The first-order valence-electron chi connectivity index (χ1n) is 9.44. The van der Waals surface area contributed by atoms with Crippen molar-refractivity contribution in [2.45, 2.75) is 24.9 Å². The van der Waals surface area contributed by atoms with Crippen molar-refractivity contribution in [3.05, 3.63) is 45.6 Å². The van der Waals surface area contributed by atoms with Gasteiger partial charge in [0.05, 0.1) is 10.5 Å². The van der Waals surface area contributed by atoms with Gasteiger partial charge in [-0.3, -0.25) is 20.5 Å². The molecule has 160 valence electrons. The Morgan fingerprint density at radius 2 is 1.90 bits per heavy atom. The molecule has 0 radical (unpaired) electrons. The summed E-state index contributed by atoms with van der Waals surface area (Å²) in [5.41, 5.74) is -0.577. The van der Waals surface area contributed by atoms with Crippen LogP contribution in [0.2, 0.25) is 0 Å². The number of halogens is 3. The topological polar surface area (TPSA) is 107 Å². The number of alkyl halides is 3. The van der Waals surface area contributed by atoms with Gasteiger partial charge >= 0.3 is 12.2 Å². The van der Waals surface area contributed by atoms with Gasteiger partial charge in [-0.05, 0) is 25.0 Å². The average Bonchev–Trinajstić information content (AvgIpc) is 3.46. The summed E-state index contributed by atoms with van der Waals surface area (Å²) in [6, 6.07) is 3.95. The van der Waals surface area contributed by atoms with E-state index in [-0.39, 0.29) is 37.9 Å².